The summed E-state index contributed by atoms with van der Waals surface area (Å²) >= 11 is 0. The van der Waals surface area contributed by atoms with Crippen LogP contribution in [-0.4, -0.2) is 51.2 Å². The van der Waals surface area contributed by atoms with Gasteiger partial charge in [-0.3, -0.25) is 4.79 Å². The molecule has 8 heteroatoms. The number of nitrogens with two attached hydrogens (primary N) is 1. The molecule has 2 N–H and O–H groups in total. The lowest BCUT2D eigenvalue weighted by Crippen LogP contribution is -2.38. The molecule has 0 spiro atoms. The average Bonchev–Trinajstić information content (AvgIpc) is 2.37. The molecule has 0 saturated heterocycles. The Morgan fingerprint density at radius 1 is 1.30 bits per heavy atom. The first kappa shape index (κ1) is 16.5. The van der Waals surface area contributed by atoms with E-state index >= 15 is 0 Å². The summed E-state index contributed by atoms with van der Waals surface area (Å²) < 4.78 is 39.2. The molecular formula is C12H18FN3O3S. The van der Waals surface area contributed by atoms with E-state index in [9.17, 15) is 17.6 Å². The van der Waals surface area contributed by atoms with Crippen LogP contribution in [0, 0.1) is 5.82 Å². The van der Waals surface area contributed by atoms with Crippen LogP contribution in [0.1, 0.15) is 5.56 Å². The second-order valence-corrected chi connectivity index (χ2v) is 6.48. The summed E-state index contributed by atoms with van der Waals surface area (Å²) in [5.74, 6) is -1.05. The van der Waals surface area contributed by atoms with E-state index in [0.717, 1.165) is 10.4 Å². The molecule has 0 atom stereocenters. The number of nitrogens with zero attached hydrogens (tertiary/aromatic N) is 2. The number of carbonyl (C=O) groups is 1. The van der Waals surface area contributed by atoms with Crippen molar-refractivity contribution in [2.24, 2.45) is 5.73 Å². The number of carbonyl (C=O) groups excluding carboxylic acids is 1. The van der Waals surface area contributed by atoms with Gasteiger partial charge in [0.15, 0.2) is 0 Å². The van der Waals surface area contributed by atoms with Crippen molar-refractivity contribution in [1.29, 1.82) is 0 Å². The molecule has 0 unspecified atom stereocenters. The zero-order valence-corrected chi connectivity index (χ0v) is 12.4. The van der Waals surface area contributed by atoms with Gasteiger partial charge in [-0.15, -0.1) is 0 Å². The summed E-state index contributed by atoms with van der Waals surface area (Å²) in [4.78, 5) is 12.6. The molecule has 0 fully saturated rings. The number of benzene rings is 1. The summed E-state index contributed by atoms with van der Waals surface area (Å²) in [6, 6.07) is 3.71. The molecule has 0 aliphatic heterocycles. The molecule has 1 aromatic rings. The number of hydrogen-bond acceptors (Lipinski definition) is 4. The maximum Gasteiger partial charge on any atom is 0.243 e. The van der Waals surface area contributed by atoms with Gasteiger partial charge in [0.2, 0.25) is 15.9 Å². The third-order valence-corrected chi connectivity index (χ3v) is 4.71. The van der Waals surface area contributed by atoms with Gasteiger partial charge in [0.1, 0.15) is 5.82 Å². The maximum atomic E-state index is 13.6. The topological polar surface area (TPSA) is 83.7 Å². The molecule has 0 heterocycles. The van der Waals surface area contributed by atoms with Gasteiger partial charge in [0.25, 0.3) is 0 Å². The second-order valence-electron chi connectivity index (χ2n) is 4.47. The highest BCUT2D eigenvalue weighted by molar-refractivity contribution is 7.89. The van der Waals surface area contributed by atoms with Gasteiger partial charge in [-0.2, -0.15) is 4.31 Å². The van der Waals surface area contributed by atoms with Crippen LogP contribution in [0.15, 0.2) is 23.1 Å². The molecule has 112 valence electrons. The van der Waals surface area contributed by atoms with Crippen molar-refractivity contribution in [3.63, 3.8) is 0 Å². The first-order valence-electron chi connectivity index (χ1n) is 5.85. The highest BCUT2D eigenvalue weighted by Crippen LogP contribution is 2.21. The number of sulfonamides is 1. The van der Waals surface area contributed by atoms with E-state index in [1.807, 2.05) is 0 Å². The fourth-order valence-electron chi connectivity index (χ4n) is 1.56. The van der Waals surface area contributed by atoms with Crippen molar-refractivity contribution in [2.45, 2.75) is 11.4 Å². The van der Waals surface area contributed by atoms with Gasteiger partial charge < -0.3 is 10.6 Å². The number of hydrogen-bond donors (Lipinski definition) is 1. The second kappa shape index (κ2) is 6.29. The smallest absolute Gasteiger partial charge is 0.243 e. The summed E-state index contributed by atoms with van der Waals surface area (Å²) in [7, 11) is 0.347. The summed E-state index contributed by atoms with van der Waals surface area (Å²) in [6.07, 6.45) is 0. The van der Waals surface area contributed by atoms with E-state index in [-0.39, 0.29) is 29.5 Å². The highest BCUT2D eigenvalue weighted by atomic mass is 32.2. The molecule has 1 amide bonds. The predicted octanol–water partition coefficient (Wildman–Crippen LogP) is -0.00690. The van der Waals surface area contributed by atoms with Gasteiger partial charge in [-0.05, 0) is 12.1 Å². The Morgan fingerprint density at radius 3 is 2.40 bits per heavy atom. The van der Waals surface area contributed by atoms with E-state index in [4.69, 9.17) is 5.73 Å². The number of likely N-dealkylation sites (N-methyl/N-ethyl adjacent to an activating group) is 2. The molecule has 20 heavy (non-hydrogen) atoms. The van der Waals surface area contributed by atoms with E-state index in [2.05, 4.69) is 0 Å². The zero-order chi connectivity index (χ0) is 15.5. The first-order valence-corrected chi connectivity index (χ1v) is 7.29. The summed E-state index contributed by atoms with van der Waals surface area (Å²) in [6.45, 7) is -0.563. The molecule has 0 saturated carbocycles. The molecule has 0 aromatic heterocycles. The van der Waals surface area contributed by atoms with Crippen LogP contribution in [0.3, 0.4) is 0 Å². The minimum absolute atomic E-state index is 0.0864. The molecule has 1 aromatic carbocycles. The summed E-state index contributed by atoms with van der Waals surface area (Å²) in [5, 5.41) is 0. The Bertz CT molecular complexity index is 602. The third-order valence-electron chi connectivity index (χ3n) is 2.82. The van der Waals surface area contributed by atoms with Gasteiger partial charge in [0, 0.05) is 33.3 Å². The van der Waals surface area contributed by atoms with E-state index in [1.165, 1.54) is 38.2 Å². The first-order chi connectivity index (χ1) is 9.21. The predicted molar refractivity (Wildman–Crippen MR) is 72.8 cm³/mol. The molecule has 0 aliphatic rings. The standard InChI is InChI=1S/C12H18FN3O3S/c1-15(2)12(17)8-16(3)20(18,19)11-6-4-5-10(13)9(11)7-14/h4-6H,7-8,14H2,1-3H3. The van der Waals surface area contributed by atoms with Crippen LogP contribution in [0.5, 0.6) is 0 Å². The van der Waals surface area contributed by atoms with Crippen molar-refractivity contribution in [3.8, 4) is 0 Å². The Labute approximate surface area is 118 Å². The Morgan fingerprint density at radius 2 is 1.90 bits per heavy atom. The van der Waals surface area contributed by atoms with Crippen LogP contribution >= 0.6 is 0 Å². The average molecular weight is 303 g/mol. The summed E-state index contributed by atoms with van der Waals surface area (Å²) in [5.41, 5.74) is 5.31. The van der Waals surface area contributed by atoms with Crippen LogP contribution in [-0.2, 0) is 21.4 Å². The maximum absolute atomic E-state index is 13.6. The quantitative estimate of drug-likeness (QED) is 0.829. The molecule has 0 bridgehead atoms. The number of rotatable bonds is 5. The van der Waals surface area contributed by atoms with Crippen molar-refractivity contribution in [1.82, 2.24) is 9.21 Å². The fourth-order valence-corrected chi connectivity index (χ4v) is 2.92. The largest absolute Gasteiger partial charge is 0.348 e. The fraction of sp³-hybridized carbons (Fsp3) is 0.417. The van der Waals surface area contributed by atoms with Gasteiger partial charge in [0.05, 0.1) is 11.4 Å². The zero-order valence-electron chi connectivity index (χ0n) is 11.6. The number of halogens is 1. The third kappa shape index (κ3) is 3.33. The van der Waals surface area contributed by atoms with Crippen LogP contribution in [0.4, 0.5) is 4.39 Å². The van der Waals surface area contributed by atoms with Gasteiger partial charge in [-0.25, -0.2) is 12.8 Å². The van der Waals surface area contributed by atoms with Crippen LogP contribution < -0.4 is 5.73 Å². The van der Waals surface area contributed by atoms with Crippen molar-refractivity contribution < 1.29 is 17.6 Å². The molecule has 1 rings (SSSR count). The number of amides is 1. The van der Waals surface area contributed by atoms with Gasteiger partial charge in [-0.1, -0.05) is 6.07 Å². The van der Waals surface area contributed by atoms with Crippen LogP contribution in [0.25, 0.3) is 0 Å². The minimum Gasteiger partial charge on any atom is -0.348 e. The molecule has 0 radical (unpaired) electrons. The van der Waals surface area contributed by atoms with E-state index in [1.54, 1.807) is 0 Å². The lowest BCUT2D eigenvalue weighted by molar-refractivity contribution is -0.128. The Hall–Kier alpha value is -1.51. The molecule has 6 nitrogen and oxygen atoms in total. The normalized spacial score (nSPS) is 11.7. The SMILES string of the molecule is CN(C)C(=O)CN(C)S(=O)(=O)c1cccc(F)c1CN. The molecule has 0 aliphatic carbocycles. The van der Waals surface area contributed by atoms with Crippen molar-refractivity contribution in [3.05, 3.63) is 29.6 Å². The minimum atomic E-state index is -3.97. The Balaban J connectivity index is 3.17. The van der Waals surface area contributed by atoms with Crippen LogP contribution in [0.2, 0.25) is 0 Å². The lowest BCUT2D eigenvalue weighted by Gasteiger charge is -2.20. The van der Waals surface area contributed by atoms with Gasteiger partial charge >= 0.3 is 0 Å². The van der Waals surface area contributed by atoms with E-state index < -0.39 is 15.8 Å². The van der Waals surface area contributed by atoms with Crippen molar-refractivity contribution >= 4 is 15.9 Å². The van der Waals surface area contributed by atoms with Crippen molar-refractivity contribution in [2.75, 3.05) is 27.7 Å². The Kier molecular flexibility index (Phi) is 5.21. The highest BCUT2D eigenvalue weighted by Gasteiger charge is 2.26. The molecular weight excluding hydrogens is 285 g/mol. The monoisotopic (exact) mass is 303 g/mol. The van der Waals surface area contributed by atoms with E-state index in [0.29, 0.717) is 0 Å². The lowest BCUT2D eigenvalue weighted by atomic mass is 10.2.